The van der Waals surface area contributed by atoms with Crippen molar-refractivity contribution in [1.29, 1.82) is 0 Å². The molecule has 0 heterocycles. The summed E-state index contributed by atoms with van der Waals surface area (Å²) in [6.07, 6.45) is 0. The second-order valence-corrected chi connectivity index (χ2v) is 7.39. The predicted molar refractivity (Wildman–Crippen MR) is 54.8 cm³/mol. The minimum Gasteiger partial charge on any atom is -0.394 e. The minimum atomic E-state index is -2.08. The summed E-state index contributed by atoms with van der Waals surface area (Å²) in [5.74, 6) is 0. The lowest BCUT2D eigenvalue weighted by Gasteiger charge is -2.31. The molecule has 0 bridgehead atoms. The van der Waals surface area contributed by atoms with Crippen LogP contribution in [0.1, 0.15) is 27.7 Å². The lowest BCUT2D eigenvalue weighted by atomic mass is 10.6. The summed E-state index contributed by atoms with van der Waals surface area (Å²) >= 11 is 5.89. The largest absolute Gasteiger partial charge is 0.394 e. The smallest absolute Gasteiger partial charge is 0.356 e. The van der Waals surface area contributed by atoms with Crippen molar-refractivity contribution < 1.29 is 8.85 Å². The van der Waals surface area contributed by atoms with E-state index >= 15 is 0 Å². The van der Waals surface area contributed by atoms with Crippen LogP contribution in [0.2, 0.25) is 5.54 Å². The summed E-state index contributed by atoms with van der Waals surface area (Å²) in [7, 11) is -2.08. The highest BCUT2D eigenvalue weighted by molar-refractivity contribution is 6.75. The zero-order chi connectivity index (χ0) is 9.61. The molecule has 0 amide bonds. The van der Waals surface area contributed by atoms with Crippen molar-refractivity contribution >= 4 is 20.2 Å². The van der Waals surface area contributed by atoms with E-state index in [-0.39, 0.29) is 0 Å². The lowest BCUT2D eigenvalue weighted by Crippen LogP contribution is -2.47. The van der Waals surface area contributed by atoms with Gasteiger partial charge in [-0.05, 0) is 19.4 Å². The lowest BCUT2D eigenvalue weighted by molar-refractivity contribution is 0.180. The molecule has 0 aliphatic carbocycles. The monoisotopic (exact) mass is 210 g/mol. The second kappa shape index (κ2) is 5.97. The van der Waals surface area contributed by atoms with Crippen molar-refractivity contribution in [1.82, 2.24) is 0 Å². The summed E-state index contributed by atoms with van der Waals surface area (Å²) in [6, 6.07) is 0. The van der Waals surface area contributed by atoms with E-state index in [9.17, 15) is 0 Å². The Morgan fingerprint density at radius 2 is 1.58 bits per heavy atom. The quantitative estimate of drug-likeness (QED) is 0.496. The van der Waals surface area contributed by atoms with E-state index in [1.165, 1.54) is 0 Å². The molecule has 0 unspecified atom stereocenters. The molecule has 0 aromatic rings. The maximum absolute atomic E-state index is 5.89. The Morgan fingerprint density at radius 1 is 1.17 bits per heavy atom. The van der Waals surface area contributed by atoms with Crippen molar-refractivity contribution in [3.05, 3.63) is 0 Å². The molecular formula is C8H19ClO2Si. The zero-order valence-corrected chi connectivity index (χ0v) is 10.1. The summed E-state index contributed by atoms with van der Waals surface area (Å²) < 4.78 is 11.3. The van der Waals surface area contributed by atoms with Gasteiger partial charge in [0.15, 0.2) is 0 Å². The van der Waals surface area contributed by atoms with Gasteiger partial charge in [-0.25, -0.2) is 0 Å². The highest BCUT2D eigenvalue weighted by atomic mass is 35.5. The molecule has 0 radical (unpaired) electrons. The average molecular weight is 211 g/mol. The Morgan fingerprint density at radius 3 is 1.75 bits per heavy atom. The van der Waals surface area contributed by atoms with Gasteiger partial charge in [0.1, 0.15) is 0 Å². The molecule has 0 rings (SSSR count). The Bertz CT molecular complexity index is 114. The fraction of sp³-hybridized carbons (Fsp3) is 1.00. The number of rotatable bonds is 6. The van der Waals surface area contributed by atoms with Gasteiger partial charge < -0.3 is 8.85 Å². The molecule has 0 N–H and O–H groups in total. The van der Waals surface area contributed by atoms with E-state index in [4.69, 9.17) is 20.5 Å². The van der Waals surface area contributed by atoms with Crippen LogP contribution in [0.5, 0.6) is 0 Å². The SMILES string of the molecule is CCO[Si](CCl)(OCC)C(C)C. The summed E-state index contributed by atoms with van der Waals surface area (Å²) in [4.78, 5) is 0. The minimum absolute atomic E-state index is 0.412. The molecule has 0 saturated heterocycles. The van der Waals surface area contributed by atoms with E-state index in [1.807, 2.05) is 13.8 Å². The molecule has 0 fully saturated rings. The molecule has 2 nitrogen and oxygen atoms in total. The van der Waals surface area contributed by atoms with Gasteiger partial charge in [0.05, 0.1) is 5.50 Å². The van der Waals surface area contributed by atoms with Crippen LogP contribution < -0.4 is 0 Å². The Hall–Kier alpha value is 0.427. The van der Waals surface area contributed by atoms with Crippen molar-refractivity contribution in [3.63, 3.8) is 0 Å². The first-order valence-electron chi connectivity index (χ1n) is 4.46. The number of hydrogen-bond acceptors (Lipinski definition) is 2. The van der Waals surface area contributed by atoms with Gasteiger partial charge in [-0.1, -0.05) is 13.8 Å². The second-order valence-electron chi connectivity index (χ2n) is 2.97. The third kappa shape index (κ3) is 3.05. The highest BCUT2D eigenvalue weighted by Gasteiger charge is 2.40. The molecule has 0 aromatic heterocycles. The third-order valence-corrected chi connectivity index (χ3v) is 6.65. The Kier molecular flexibility index (Phi) is 6.18. The van der Waals surface area contributed by atoms with E-state index in [0.717, 1.165) is 0 Å². The van der Waals surface area contributed by atoms with Crippen LogP contribution in [0.3, 0.4) is 0 Å². The number of alkyl halides is 1. The van der Waals surface area contributed by atoms with Gasteiger partial charge in [0, 0.05) is 13.2 Å². The molecule has 0 atom stereocenters. The van der Waals surface area contributed by atoms with Gasteiger partial charge in [0.2, 0.25) is 0 Å². The van der Waals surface area contributed by atoms with Crippen LogP contribution in [0.15, 0.2) is 0 Å². The Balaban J connectivity index is 4.28. The number of halogens is 1. The Labute approximate surface area is 81.5 Å². The number of hydrogen-bond donors (Lipinski definition) is 0. The topological polar surface area (TPSA) is 18.5 Å². The van der Waals surface area contributed by atoms with Crippen LogP contribution in [-0.2, 0) is 8.85 Å². The van der Waals surface area contributed by atoms with Crippen molar-refractivity contribution in [2.24, 2.45) is 0 Å². The summed E-state index contributed by atoms with van der Waals surface area (Å²) in [5, 5.41) is 0. The molecular weight excluding hydrogens is 192 g/mol. The summed E-state index contributed by atoms with van der Waals surface area (Å²) in [5.41, 5.74) is 0.932. The van der Waals surface area contributed by atoms with Gasteiger partial charge >= 0.3 is 8.56 Å². The van der Waals surface area contributed by atoms with Gasteiger partial charge in [-0.3, -0.25) is 0 Å². The van der Waals surface area contributed by atoms with Crippen molar-refractivity contribution in [2.45, 2.75) is 33.2 Å². The fourth-order valence-corrected chi connectivity index (χ4v) is 4.67. The van der Waals surface area contributed by atoms with Crippen molar-refractivity contribution in [2.75, 3.05) is 18.7 Å². The maximum atomic E-state index is 5.89. The first kappa shape index (κ1) is 12.4. The van der Waals surface area contributed by atoms with E-state index in [1.54, 1.807) is 0 Å². The zero-order valence-electron chi connectivity index (χ0n) is 8.39. The van der Waals surface area contributed by atoms with Crippen LogP contribution in [0.25, 0.3) is 0 Å². The molecule has 0 aromatic carbocycles. The molecule has 12 heavy (non-hydrogen) atoms. The first-order valence-corrected chi connectivity index (χ1v) is 7.10. The predicted octanol–water partition coefficient (Wildman–Crippen LogP) is 2.69. The van der Waals surface area contributed by atoms with E-state index in [0.29, 0.717) is 24.3 Å². The standard InChI is InChI=1S/C8H19ClO2Si/c1-5-10-12(7-9,8(3)4)11-6-2/h8H,5-7H2,1-4H3. The third-order valence-electron chi connectivity index (χ3n) is 1.84. The van der Waals surface area contributed by atoms with Crippen molar-refractivity contribution in [3.8, 4) is 0 Å². The molecule has 0 saturated carbocycles. The summed E-state index contributed by atoms with van der Waals surface area (Å²) in [6.45, 7) is 9.57. The molecule has 0 aliphatic rings. The van der Waals surface area contributed by atoms with Crippen LogP contribution in [0, 0.1) is 0 Å². The van der Waals surface area contributed by atoms with Gasteiger partial charge in [-0.2, -0.15) is 0 Å². The molecule has 74 valence electrons. The molecule has 4 heteroatoms. The highest BCUT2D eigenvalue weighted by Crippen LogP contribution is 2.24. The van der Waals surface area contributed by atoms with Gasteiger partial charge in [-0.15, -0.1) is 11.6 Å². The maximum Gasteiger partial charge on any atom is 0.356 e. The van der Waals surface area contributed by atoms with Crippen LogP contribution >= 0.6 is 11.6 Å². The van der Waals surface area contributed by atoms with E-state index in [2.05, 4.69) is 13.8 Å². The van der Waals surface area contributed by atoms with E-state index < -0.39 is 8.56 Å². The normalized spacial score (nSPS) is 12.5. The van der Waals surface area contributed by atoms with Crippen LogP contribution in [-0.4, -0.2) is 27.3 Å². The van der Waals surface area contributed by atoms with Gasteiger partial charge in [0.25, 0.3) is 0 Å². The molecule has 0 spiro atoms. The van der Waals surface area contributed by atoms with Crippen LogP contribution in [0.4, 0.5) is 0 Å². The fourth-order valence-electron chi connectivity index (χ4n) is 1.10. The first-order chi connectivity index (χ1) is 5.63. The molecule has 0 aliphatic heterocycles. The average Bonchev–Trinajstić information content (AvgIpc) is 2.03.